The summed E-state index contributed by atoms with van der Waals surface area (Å²) in [6, 6.07) is 7.62. The quantitative estimate of drug-likeness (QED) is 0.617. The van der Waals surface area contributed by atoms with E-state index in [2.05, 4.69) is 20.1 Å². The summed E-state index contributed by atoms with van der Waals surface area (Å²) in [5, 5.41) is 4.35. The van der Waals surface area contributed by atoms with Crippen LogP contribution in [0.3, 0.4) is 0 Å². The van der Waals surface area contributed by atoms with Crippen molar-refractivity contribution in [3.05, 3.63) is 59.4 Å². The van der Waals surface area contributed by atoms with Crippen molar-refractivity contribution in [3.8, 4) is 5.69 Å². The Bertz CT molecular complexity index is 1000. The summed E-state index contributed by atoms with van der Waals surface area (Å²) in [5.74, 6) is 0.231. The summed E-state index contributed by atoms with van der Waals surface area (Å²) in [7, 11) is 1.74. The Kier molecular flexibility index (Phi) is 5.91. The number of amides is 1. The van der Waals surface area contributed by atoms with Crippen LogP contribution in [0.5, 0.6) is 0 Å². The molecule has 1 aliphatic rings. The zero-order valence-corrected chi connectivity index (χ0v) is 17.5. The van der Waals surface area contributed by atoms with Gasteiger partial charge in [0.2, 0.25) is 5.95 Å². The molecule has 9 nitrogen and oxygen atoms in total. The molecule has 1 aliphatic heterocycles. The van der Waals surface area contributed by atoms with Gasteiger partial charge in [0.1, 0.15) is 12.7 Å². The van der Waals surface area contributed by atoms with E-state index >= 15 is 0 Å². The summed E-state index contributed by atoms with van der Waals surface area (Å²) in [4.78, 5) is 29.5. The van der Waals surface area contributed by atoms with Crippen molar-refractivity contribution in [2.24, 2.45) is 0 Å². The molecule has 1 atom stereocenters. The zero-order chi connectivity index (χ0) is 21.1. The molecule has 0 bridgehead atoms. The molecule has 1 aromatic carbocycles. The number of benzene rings is 1. The first-order chi connectivity index (χ1) is 14.5. The second kappa shape index (κ2) is 8.76. The van der Waals surface area contributed by atoms with E-state index in [-0.39, 0.29) is 22.7 Å². The normalized spacial score (nSPS) is 15.1. The number of carbonyl (C=O) groups excluding carboxylic acids is 1. The number of rotatable bonds is 5. The van der Waals surface area contributed by atoms with Crippen LogP contribution < -0.4 is 4.90 Å². The van der Waals surface area contributed by atoms with Gasteiger partial charge in [0, 0.05) is 20.1 Å². The number of aromatic nitrogens is 5. The first kappa shape index (κ1) is 20.2. The average molecular weight is 428 g/mol. The first-order valence-corrected chi connectivity index (χ1v) is 9.99. The van der Waals surface area contributed by atoms with Gasteiger partial charge in [-0.1, -0.05) is 23.7 Å². The molecule has 0 aliphatic carbocycles. The van der Waals surface area contributed by atoms with E-state index < -0.39 is 0 Å². The molecule has 4 rings (SSSR count). The van der Waals surface area contributed by atoms with Crippen LogP contribution in [0.25, 0.3) is 5.69 Å². The average Bonchev–Trinajstić information content (AvgIpc) is 3.34. The number of anilines is 1. The Morgan fingerprint density at radius 2 is 1.97 bits per heavy atom. The van der Waals surface area contributed by atoms with E-state index in [1.807, 2.05) is 36.1 Å². The molecule has 1 saturated heterocycles. The fourth-order valence-electron chi connectivity index (χ4n) is 3.24. The third-order valence-electron chi connectivity index (χ3n) is 5.19. The van der Waals surface area contributed by atoms with Gasteiger partial charge in [-0.3, -0.25) is 4.79 Å². The van der Waals surface area contributed by atoms with Crippen molar-refractivity contribution in [3.63, 3.8) is 0 Å². The molecule has 1 amide bonds. The molecule has 2 aromatic heterocycles. The highest BCUT2D eigenvalue weighted by atomic mass is 35.5. The lowest BCUT2D eigenvalue weighted by atomic mass is 10.1. The molecular weight excluding hydrogens is 406 g/mol. The lowest BCUT2D eigenvalue weighted by Crippen LogP contribution is -2.38. The van der Waals surface area contributed by atoms with Crippen LogP contribution in [-0.4, -0.2) is 68.9 Å². The van der Waals surface area contributed by atoms with E-state index in [1.54, 1.807) is 23.0 Å². The predicted molar refractivity (Wildman–Crippen MR) is 112 cm³/mol. The van der Waals surface area contributed by atoms with Crippen LogP contribution in [0.2, 0.25) is 5.02 Å². The summed E-state index contributed by atoms with van der Waals surface area (Å²) in [6.07, 6.45) is 4.61. The SMILES string of the molecule is CC(c1ccc(-n2cncn2)cc1)N(C)C(=O)c1nc(N2CCOCC2)ncc1Cl. The topological polar surface area (TPSA) is 89.3 Å². The minimum absolute atomic E-state index is 0.180. The maximum Gasteiger partial charge on any atom is 0.274 e. The summed E-state index contributed by atoms with van der Waals surface area (Å²) < 4.78 is 7.04. The Morgan fingerprint density at radius 3 is 2.63 bits per heavy atom. The maximum atomic E-state index is 13.2. The molecule has 1 fully saturated rings. The molecule has 156 valence electrons. The third-order valence-corrected chi connectivity index (χ3v) is 5.46. The van der Waals surface area contributed by atoms with Gasteiger partial charge in [-0.25, -0.2) is 19.6 Å². The Hall–Kier alpha value is -3.04. The minimum atomic E-state index is -0.259. The van der Waals surface area contributed by atoms with E-state index in [9.17, 15) is 4.79 Å². The zero-order valence-electron chi connectivity index (χ0n) is 16.8. The number of carbonyl (C=O) groups is 1. The van der Waals surface area contributed by atoms with E-state index in [1.165, 1.54) is 12.5 Å². The smallest absolute Gasteiger partial charge is 0.274 e. The molecule has 0 radical (unpaired) electrons. The lowest BCUT2D eigenvalue weighted by molar-refractivity contribution is 0.0736. The fraction of sp³-hybridized carbons (Fsp3) is 0.350. The maximum absolute atomic E-state index is 13.2. The van der Waals surface area contributed by atoms with Crippen LogP contribution in [0.15, 0.2) is 43.1 Å². The van der Waals surface area contributed by atoms with Gasteiger partial charge in [-0.15, -0.1) is 0 Å². The number of halogens is 1. The van der Waals surface area contributed by atoms with E-state index in [4.69, 9.17) is 16.3 Å². The van der Waals surface area contributed by atoms with Crippen LogP contribution in [0.4, 0.5) is 5.95 Å². The molecular formula is C20H22ClN7O2. The van der Waals surface area contributed by atoms with Crippen LogP contribution in [0.1, 0.15) is 29.0 Å². The van der Waals surface area contributed by atoms with Crippen LogP contribution in [0, 0.1) is 0 Å². The molecule has 0 saturated carbocycles. The second-order valence-electron chi connectivity index (χ2n) is 6.99. The van der Waals surface area contributed by atoms with Crippen molar-refractivity contribution >= 4 is 23.5 Å². The highest BCUT2D eigenvalue weighted by Gasteiger charge is 2.24. The van der Waals surface area contributed by atoms with E-state index in [0.29, 0.717) is 32.3 Å². The number of ether oxygens (including phenoxy) is 1. The van der Waals surface area contributed by atoms with Crippen molar-refractivity contribution in [1.82, 2.24) is 29.6 Å². The van der Waals surface area contributed by atoms with Crippen LogP contribution >= 0.6 is 11.6 Å². The molecule has 3 heterocycles. The molecule has 30 heavy (non-hydrogen) atoms. The Morgan fingerprint density at radius 1 is 1.23 bits per heavy atom. The molecule has 0 spiro atoms. The van der Waals surface area contributed by atoms with Crippen molar-refractivity contribution in [1.29, 1.82) is 0 Å². The highest BCUT2D eigenvalue weighted by molar-refractivity contribution is 6.33. The summed E-state index contributed by atoms with van der Waals surface area (Å²) in [6.45, 7) is 4.53. The highest BCUT2D eigenvalue weighted by Crippen LogP contribution is 2.25. The van der Waals surface area contributed by atoms with Crippen LogP contribution in [-0.2, 0) is 4.74 Å². The largest absolute Gasteiger partial charge is 0.378 e. The summed E-state index contributed by atoms with van der Waals surface area (Å²) in [5.41, 5.74) is 2.07. The van der Waals surface area contributed by atoms with Gasteiger partial charge in [0.25, 0.3) is 5.91 Å². The lowest BCUT2D eigenvalue weighted by Gasteiger charge is -2.28. The van der Waals surface area contributed by atoms with Crippen molar-refractivity contribution < 1.29 is 9.53 Å². The molecule has 10 heteroatoms. The van der Waals surface area contributed by atoms with Crippen molar-refractivity contribution in [2.45, 2.75) is 13.0 Å². The number of morpholine rings is 1. The number of nitrogens with zero attached hydrogens (tertiary/aromatic N) is 7. The Labute approximate surface area is 179 Å². The first-order valence-electron chi connectivity index (χ1n) is 9.62. The van der Waals surface area contributed by atoms with Gasteiger partial charge in [-0.2, -0.15) is 5.10 Å². The third kappa shape index (κ3) is 4.12. The monoisotopic (exact) mass is 427 g/mol. The summed E-state index contributed by atoms with van der Waals surface area (Å²) >= 11 is 6.27. The molecule has 3 aromatic rings. The number of hydrogen-bond donors (Lipinski definition) is 0. The second-order valence-corrected chi connectivity index (χ2v) is 7.40. The number of hydrogen-bond acceptors (Lipinski definition) is 7. The molecule has 1 unspecified atom stereocenters. The van der Waals surface area contributed by atoms with Gasteiger partial charge in [-0.05, 0) is 24.6 Å². The van der Waals surface area contributed by atoms with Gasteiger partial charge in [0.15, 0.2) is 5.69 Å². The predicted octanol–water partition coefficient (Wildman–Crippen LogP) is 2.38. The standard InChI is InChI=1S/C20H22ClN7O2/c1-14(15-3-5-16(6-4-15)28-13-22-12-24-28)26(2)19(29)18-17(21)11-23-20(25-18)27-7-9-30-10-8-27/h3-6,11-14H,7-10H2,1-2H3. The van der Waals surface area contributed by atoms with Gasteiger partial charge in [0.05, 0.1) is 36.2 Å². The van der Waals surface area contributed by atoms with Gasteiger partial charge < -0.3 is 14.5 Å². The van der Waals surface area contributed by atoms with E-state index in [0.717, 1.165) is 11.3 Å². The van der Waals surface area contributed by atoms with Crippen molar-refractivity contribution in [2.75, 3.05) is 38.3 Å². The Balaban J connectivity index is 1.52. The van der Waals surface area contributed by atoms with Gasteiger partial charge >= 0.3 is 0 Å². The minimum Gasteiger partial charge on any atom is -0.378 e. The molecule has 0 N–H and O–H groups in total. The fourth-order valence-corrected chi connectivity index (χ4v) is 3.41.